The van der Waals surface area contributed by atoms with Gasteiger partial charge in [-0.1, -0.05) is 0 Å². The molecular formula is C10H16N4O. The smallest absolute Gasteiger partial charge is 0.247 e. The molecular weight excluding hydrogens is 192 g/mol. The van der Waals surface area contributed by atoms with Crippen LogP contribution in [0.2, 0.25) is 0 Å². The summed E-state index contributed by atoms with van der Waals surface area (Å²) in [7, 11) is 0. The van der Waals surface area contributed by atoms with Crippen LogP contribution in [0.1, 0.15) is 19.4 Å². The van der Waals surface area contributed by atoms with Crippen molar-refractivity contribution in [2.75, 3.05) is 13.1 Å². The van der Waals surface area contributed by atoms with E-state index in [0.29, 0.717) is 6.54 Å². The van der Waals surface area contributed by atoms with E-state index in [1.54, 1.807) is 17.1 Å². The van der Waals surface area contributed by atoms with E-state index in [9.17, 15) is 4.79 Å². The van der Waals surface area contributed by atoms with Crippen LogP contribution in [0, 0.1) is 0 Å². The summed E-state index contributed by atoms with van der Waals surface area (Å²) >= 11 is 0. The molecule has 1 saturated heterocycles. The van der Waals surface area contributed by atoms with Crippen LogP contribution in [-0.4, -0.2) is 39.7 Å². The molecule has 1 aromatic rings. The Bertz CT molecular complexity index is 335. The molecule has 82 valence electrons. The average molecular weight is 208 g/mol. The molecule has 15 heavy (non-hydrogen) atoms. The third kappa shape index (κ3) is 2.02. The van der Waals surface area contributed by atoms with Crippen LogP contribution in [-0.2, 0) is 4.79 Å². The van der Waals surface area contributed by atoms with Crippen LogP contribution >= 0.6 is 0 Å². The Morgan fingerprint density at radius 2 is 2.47 bits per heavy atom. The van der Waals surface area contributed by atoms with E-state index in [2.05, 4.69) is 5.10 Å². The number of carbonyl (C=O) groups excluding carboxylic acids is 1. The summed E-state index contributed by atoms with van der Waals surface area (Å²) in [5, 5.41) is 4.07. The van der Waals surface area contributed by atoms with Crippen LogP contribution in [0.25, 0.3) is 0 Å². The Morgan fingerprint density at radius 1 is 1.67 bits per heavy atom. The zero-order valence-corrected chi connectivity index (χ0v) is 8.84. The second-order valence-electron chi connectivity index (χ2n) is 4.00. The van der Waals surface area contributed by atoms with Gasteiger partial charge < -0.3 is 10.6 Å². The van der Waals surface area contributed by atoms with Crippen LogP contribution in [0.5, 0.6) is 0 Å². The lowest BCUT2D eigenvalue weighted by Crippen LogP contribution is -2.36. The minimum Gasteiger partial charge on any atom is -0.339 e. The third-order valence-corrected chi connectivity index (χ3v) is 2.82. The topological polar surface area (TPSA) is 64.2 Å². The van der Waals surface area contributed by atoms with Crippen molar-refractivity contribution in [2.24, 2.45) is 5.73 Å². The molecule has 0 bridgehead atoms. The number of nitrogens with two attached hydrogens (primary N) is 1. The third-order valence-electron chi connectivity index (χ3n) is 2.82. The predicted molar refractivity (Wildman–Crippen MR) is 56.1 cm³/mol. The van der Waals surface area contributed by atoms with E-state index in [1.165, 1.54) is 0 Å². The highest BCUT2D eigenvalue weighted by atomic mass is 16.2. The number of rotatable bonds is 2. The molecule has 0 spiro atoms. The predicted octanol–water partition coefficient (Wildman–Crippen LogP) is 0.00370. The zero-order valence-electron chi connectivity index (χ0n) is 8.84. The highest BCUT2D eigenvalue weighted by Crippen LogP contribution is 2.14. The van der Waals surface area contributed by atoms with Gasteiger partial charge in [-0.3, -0.25) is 9.48 Å². The van der Waals surface area contributed by atoms with E-state index in [1.807, 2.05) is 17.9 Å². The van der Waals surface area contributed by atoms with Gasteiger partial charge in [0.25, 0.3) is 0 Å². The summed E-state index contributed by atoms with van der Waals surface area (Å²) in [6, 6.07) is 1.73. The van der Waals surface area contributed by atoms with Crippen LogP contribution in [0.3, 0.4) is 0 Å². The van der Waals surface area contributed by atoms with Crippen molar-refractivity contribution in [3.05, 3.63) is 18.5 Å². The molecule has 1 aromatic heterocycles. The number of amides is 1. The molecule has 1 aliphatic heterocycles. The van der Waals surface area contributed by atoms with Gasteiger partial charge in [0.05, 0.1) is 0 Å². The number of likely N-dealkylation sites (tertiary alicyclic amines) is 1. The van der Waals surface area contributed by atoms with E-state index < -0.39 is 0 Å². The maximum atomic E-state index is 12.0. The number of hydrogen-bond donors (Lipinski definition) is 1. The first-order chi connectivity index (χ1) is 7.18. The maximum absolute atomic E-state index is 12.0. The normalized spacial score (nSPS) is 23.1. The molecule has 1 aliphatic rings. The van der Waals surface area contributed by atoms with E-state index in [-0.39, 0.29) is 18.0 Å². The second kappa shape index (κ2) is 4.02. The zero-order chi connectivity index (χ0) is 10.8. The van der Waals surface area contributed by atoms with Crippen LogP contribution < -0.4 is 5.73 Å². The van der Waals surface area contributed by atoms with Gasteiger partial charge in [-0.25, -0.2) is 0 Å². The van der Waals surface area contributed by atoms with E-state index in [4.69, 9.17) is 5.73 Å². The van der Waals surface area contributed by atoms with E-state index in [0.717, 1.165) is 13.0 Å². The van der Waals surface area contributed by atoms with Gasteiger partial charge in [0, 0.05) is 31.5 Å². The molecule has 2 N–H and O–H groups in total. The Labute approximate surface area is 88.8 Å². The van der Waals surface area contributed by atoms with Gasteiger partial charge in [0.1, 0.15) is 6.04 Å². The lowest BCUT2D eigenvalue weighted by Gasteiger charge is -2.20. The summed E-state index contributed by atoms with van der Waals surface area (Å²) in [6.07, 6.45) is 4.38. The number of hydrogen-bond acceptors (Lipinski definition) is 3. The monoisotopic (exact) mass is 208 g/mol. The second-order valence-corrected chi connectivity index (χ2v) is 4.00. The fourth-order valence-corrected chi connectivity index (χ4v) is 1.87. The summed E-state index contributed by atoms with van der Waals surface area (Å²) in [4.78, 5) is 13.8. The van der Waals surface area contributed by atoms with Gasteiger partial charge in [0.15, 0.2) is 0 Å². The van der Waals surface area contributed by atoms with Crippen molar-refractivity contribution in [3.8, 4) is 0 Å². The molecule has 1 amide bonds. The average Bonchev–Trinajstić information content (AvgIpc) is 2.85. The number of nitrogens with zero attached hydrogens (tertiary/aromatic N) is 3. The van der Waals surface area contributed by atoms with Gasteiger partial charge in [-0.15, -0.1) is 0 Å². The van der Waals surface area contributed by atoms with Gasteiger partial charge in [0.2, 0.25) is 5.91 Å². The standard InChI is InChI=1S/C10H16N4O/c1-8(14-5-2-4-12-14)10(15)13-6-3-9(11)7-13/h2,4-5,8-9H,3,6-7,11H2,1H3/t8-,9-/m1/s1. The lowest BCUT2D eigenvalue weighted by atomic mass is 10.3. The number of carbonyl (C=O) groups is 1. The van der Waals surface area contributed by atoms with Crippen molar-refractivity contribution < 1.29 is 4.79 Å². The Hall–Kier alpha value is -1.36. The molecule has 0 unspecified atom stereocenters. The van der Waals surface area contributed by atoms with Crippen molar-refractivity contribution in [2.45, 2.75) is 25.4 Å². The fraction of sp³-hybridized carbons (Fsp3) is 0.600. The maximum Gasteiger partial charge on any atom is 0.247 e. The largest absolute Gasteiger partial charge is 0.339 e. The van der Waals surface area contributed by atoms with E-state index >= 15 is 0 Å². The summed E-state index contributed by atoms with van der Waals surface area (Å²) in [5.74, 6) is 0.103. The highest BCUT2D eigenvalue weighted by Gasteiger charge is 2.27. The first-order valence-corrected chi connectivity index (χ1v) is 5.22. The summed E-state index contributed by atoms with van der Waals surface area (Å²) < 4.78 is 1.67. The van der Waals surface area contributed by atoms with Crippen molar-refractivity contribution in [3.63, 3.8) is 0 Å². The molecule has 0 aliphatic carbocycles. The van der Waals surface area contributed by atoms with Gasteiger partial charge in [-0.2, -0.15) is 5.10 Å². The van der Waals surface area contributed by atoms with Gasteiger partial charge in [-0.05, 0) is 19.4 Å². The highest BCUT2D eigenvalue weighted by molar-refractivity contribution is 5.80. The minimum absolute atomic E-state index is 0.103. The molecule has 0 radical (unpaired) electrons. The SMILES string of the molecule is C[C@H](C(=O)N1CC[C@@H](N)C1)n1cccn1. The molecule has 2 heterocycles. The minimum atomic E-state index is -0.231. The van der Waals surface area contributed by atoms with Crippen molar-refractivity contribution in [1.29, 1.82) is 0 Å². The molecule has 2 rings (SSSR count). The van der Waals surface area contributed by atoms with Crippen molar-refractivity contribution in [1.82, 2.24) is 14.7 Å². The summed E-state index contributed by atoms with van der Waals surface area (Å²) in [5.41, 5.74) is 5.77. The molecule has 0 saturated carbocycles. The number of aromatic nitrogens is 2. The Morgan fingerprint density at radius 3 is 3.00 bits per heavy atom. The summed E-state index contributed by atoms with van der Waals surface area (Å²) in [6.45, 7) is 3.30. The molecule has 5 nitrogen and oxygen atoms in total. The quantitative estimate of drug-likeness (QED) is 0.744. The lowest BCUT2D eigenvalue weighted by molar-refractivity contribution is -0.133. The van der Waals surface area contributed by atoms with Gasteiger partial charge >= 0.3 is 0 Å². The first-order valence-electron chi connectivity index (χ1n) is 5.22. The first kappa shape index (κ1) is 10.2. The Kier molecular flexibility index (Phi) is 2.73. The molecule has 0 aromatic carbocycles. The molecule has 5 heteroatoms. The molecule has 2 atom stereocenters. The fourth-order valence-electron chi connectivity index (χ4n) is 1.87. The van der Waals surface area contributed by atoms with Crippen LogP contribution in [0.4, 0.5) is 0 Å². The van der Waals surface area contributed by atoms with Crippen molar-refractivity contribution >= 4 is 5.91 Å². The molecule has 1 fully saturated rings. The van der Waals surface area contributed by atoms with Crippen LogP contribution in [0.15, 0.2) is 18.5 Å². The Balaban J connectivity index is 2.02.